The summed E-state index contributed by atoms with van der Waals surface area (Å²) < 4.78 is 1.61. The number of carbonyl (C=O) groups excluding carboxylic acids is 2. The molecule has 1 aliphatic heterocycles. The van der Waals surface area contributed by atoms with Gasteiger partial charge < -0.3 is 20.1 Å². The number of H-pyrrole nitrogens is 1. The summed E-state index contributed by atoms with van der Waals surface area (Å²) in [5.74, 6) is -0.193. The zero-order chi connectivity index (χ0) is 25.8. The van der Waals surface area contributed by atoms with E-state index in [1.54, 1.807) is 28.0 Å². The van der Waals surface area contributed by atoms with Gasteiger partial charge in [-0.3, -0.25) is 9.59 Å². The van der Waals surface area contributed by atoms with E-state index in [1.807, 2.05) is 49.5 Å². The highest BCUT2D eigenvalue weighted by molar-refractivity contribution is 5.97. The predicted octanol–water partition coefficient (Wildman–Crippen LogP) is 2.43. The molecule has 1 unspecified atom stereocenters. The lowest BCUT2D eigenvalue weighted by Crippen LogP contribution is -2.51. The molecule has 10 nitrogen and oxygen atoms in total. The largest absolute Gasteiger partial charge is 0.354 e. The molecule has 0 saturated carbocycles. The van der Waals surface area contributed by atoms with Crippen molar-refractivity contribution in [3.05, 3.63) is 60.7 Å². The molecule has 10 heteroatoms. The standard InChI is InChI=1S/C27H32N8O2/c1-33(2)15-6-9-25(36)34-16-4-3-7-24(34)27(37)29-13-10-19-17-21-20(11-14-28-26(21)32-19)22-18-31-35-23(22)8-5-12-30-35/h5-6,8-9,11-12,14,17-18,24H,3-4,7,10,13,15-16H2,1-2H3,(H,28,32)(H,29,37)/b9-6+. The average Bonchev–Trinajstić information content (AvgIpc) is 3.52. The van der Waals surface area contributed by atoms with Crippen molar-refractivity contribution in [2.45, 2.75) is 31.7 Å². The Kier molecular flexibility index (Phi) is 7.27. The van der Waals surface area contributed by atoms with E-state index in [-0.39, 0.29) is 11.8 Å². The second-order valence-corrected chi connectivity index (χ2v) is 9.62. The SMILES string of the molecule is CN(C)C/C=C/C(=O)N1CCCCC1C(=O)NCCc1cc2c(-c3cnn4ncccc34)ccnc2[nH]1. The average molecular weight is 501 g/mol. The van der Waals surface area contributed by atoms with Crippen molar-refractivity contribution in [2.75, 3.05) is 33.7 Å². The molecule has 1 fully saturated rings. The van der Waals surface area contributed by atoms with Gasteiger partial charge >= 0.3 is 0 Å². The third-order valence-electron chi connectivity index (χ3n) is 6.69. The van der Waals surface area contributed by atoms with Crippen LogP contribution in [0.25, 0.3) is 27.7 Å². The lowest BCUT2D eigenvalue weighted by atomic mass is 10.0. The van der Waals surface area contributed by atoms with Gasteiger partial charge in [0.2, 0.25) is 11.8 Å². The molecule has 1 saturated heterocycles. The number of likely N-dealkylation sites (tertiary alicyclic amines) is 1. The molecular formula is C27H32N8O2. The number of carbonyl (C=O) groups is 2. The van der Waals surface area contributed by atoms with Crippen molar-refractivity contribution >= 4 is 28.4 Å². The van der Waals surface area contributed by atoms with Crippen LogP contribution in [0.15, 0.2) is 55.0 Å². The van der Waals surface area contributed by atoms with Gasteiger partial charge in [0, 0.05) is 61.2 Å². The van der Waals surface area contributed by atoms with Gasteiger partial charge in [0.25, 0.3) is 0 Å². The summed E-state index contributed by atoms with van der Waals surface area (Å²) in [5, 5.41) is 12.7. The zero-order valence-corrected chi connectivity index (χ0v) is 21.2. The molecule has 5 rings (SSSR count). The van der Waals surface area contributed by atoms with Gasteiger partial charge in [-0.05, 0) is 63.2 Å². The zero-order valence-electron chi connectivity index (χ0n) is 21.2. The quantitative estimate of drug-likeness (QED) is 0.360. The number of nitrogens with one attached hydrogen (secondary N) is 2. The van der Waals surface area contributed by atoms with E-state index in [4.69, 9.17) is 0 Å². The fourth-order valence-electron chi connectivity index (χ4n) is 4.86. The third kappa shape index (κ3) is 5.39. The molecule has 5 heterocycles. The Morgan fingerprint density at radius 3 is 2.95 bits per heavy atom. The maximum atomic E-state index is 13.0. The minimum atomic E-state index is -0.425. The number of fused-ring (bicyclic) bond motifs is 2. The Bertz CT molecular complexity index is 1440. The summed E-state index contributed by atoms with van der Waals surface area (Å²) in [5.41, 5.74) is 4.70. The highest BCUT2D eigenvalue weighted by Gasteiger charge is 2.30. The van der Waals surface area contributed by atoms with E-state index < -0.39 is 6.04 Å². The van der Waals surface area contributed by atoms with Gasteiger partial charge in [0.05, 0.1) is 11.7 Å². The van der Waals surface area contributed by atoms with Crippen LogP contribution in [0.2, 0.25) is 0 Å². The van der Waals surface area contributed by atoms with Crippen LogP contribution in [-0.4, -0.2) is 86.2 Å². The lowest BCUT2D eigenvalue weighted by Gasteiger charge is -2.34. The minimum Gasteiger partial charge on any atom is -0.354 e. The fourth-order valence-corrected chi connectivity index (χ4v) is 4.86. The fraction of sp³-hybridized carbons (Fsp3) is 0.370. The smallest absolute Gasteiger partial charge is 0.246 e. The highest BCUT2D eigenvalue weighted by Crippen LogP contribution is 2.30. The summed E-state index contributed by atoms with van der Waals surface area (Å²) in [7, 11) is 3.90. The van der Waals surface area contributed by atoms with Crippen LogP contribution in [0.5, 0.6) is 0 Å². The predicted molar refractivity (Wildman–Crippen MR) is 142 cm³/mol. The molecule has 0 aliphatic carbocycles. The molecule has 37 heavy (non-hydrogen) atoms. The molecule has 4 aromatic heterocycles. The Morgan fingerprint density at radius 1 is 1.19 bits per heavy atom. The van der Waals surface area contributed by atoms with Crippen molar-refractivity contribution in [2.24, 2.45) is 0 Å². The van der Waals surface area contributed by atoms with Crippen molar-refractivity contribution in [1.82, 2.24) is 39.9 Å². The van der Waals surface area contributed by atoms with Gasteiger partial charge in [-0.25, -0.2) is 4.98 Å². The van der Waals surface area contributed by atoms with E-state index in [9.17, 15) is 9.59 Å². The van der Waals surface area contributed by atoms with Crippen molar-refractivity contribution in [3.8, 4) is 11.1 Å². The molecule has 4 aromatic rings. The monoisotopic (exact) mass is 500 g/mol. The minimum absolute atomic E-state index is 0.0946. The Labute approximate surface area is 215 Å². The lowest BCUT2D eigenvalue weighted by molar-refractivity contribution is -0.138. The maximum Gasteiger partial charge on any atom is 0.246 e. The number of amides is 2. The number of pyridine rings is 1. The van der Waals surface area contributed by atoms with Crippen LogP contribution in [0.4, 0.5) is 0 Å². The first-order valence-electron chi connectivity index (χ1n) is 12.7. The summed E-state index contributed by atoms with van der Waals surface area (Å²) in [6, 6.07) is 7.52. The number of hydrogen-bond donors (Lipinski definition) is 2. The van der Waals surface area contributed by atoms with Crippen LogP contribution in [0, 0.1) is 0 Å². The molecule has 0 aromatic carbocycles. The van der Waals surface area contributed by atoms with E-state index in [0.29, 0.717) is 32.5 Å². The van der Waals surface area contributed by atoms with E-state index in [1.165, 1.54) is 0 Å². The summed E-state index contributed by atoms with van der Waals surface area (Å²) in [4.78, 5) is 37.3. The molecule has 2 amide bonds. The first-order valence-corrected chi connectivity index (χ1v) is 12.7. The second kappa shape index (κ2) is 10.9. The Hall–Kier alpha value is -4.05. The number of likely N-dealkylation sites (N-methyl/N-ethyl adjacent to an activating group) is 1. The number of nitrogens with zero attached hydrogens (tertiary/aromatic N) is 6. The topological polar surface area (TPSA) is 112 Å². The van der Waals surface area contributed by atoms with E-state index >= 15 is 0 Å². The number of aromatic nitrogens is 5. The molecule has 0 bridgehead atoms. The number of rotatable bonds is 8. The number of piperidine rings is 1. The first-order chi connectivity index (χ1) is 18.0. The molecule has 0 spiro atoms. The van der Waals surface area contributed by atoms with Gasteiger partial charge in [-0.1, -0.05) is 6.08 Å². The van der Waals surface area contributed by atoms with E-state index in [0.717, 1.165) is 46.2 Å². The Morgan fingerprint density at radius 2 is 2.08 bits per heavy atom. The van der Waals surface area contributed by atoms with Gasteiger partial charge in [-0.2, -0.15) is 14.8 Å². The summed E-state index contributed by atoms with van der Waals surface area (Å²) in [6.07, 6.45) is 11.9. The number of hydrogen-bond acceptors (Lipinski definition) is 6. The molecular weight excluding hydrogens is 468 g/mol. The van der Waals surface area contributed by atoms with Gasteiger partial charge in [0.15, 0.2) is 0 Å². The molecule has 1 atom stereocenters. The summed E-state index contributed by atoms with van der Waals surface area (Å²) in [6.45, 7) is 1.77. The highest BCUT2D eigenvalue weighted by atomic mass is 16.2. The normalized spacial score (nSPS) is 16.3. The van der Waals surface area contributed by atoms with Gasteiger partial charge in [0.1, 0.15) is 11.7 Å². The molecule has 1 aliphatic rings. The van der Waals surface area contributed by atoms with Crippen LogP contribution in [-0.2, 0) is 16.0 Å². The molecule has 0 radical (unpaired) electrons. The molecule has 2 N–H and O–H groups in total. The Balaban J connectivity index is 1.25. The van der Waals surface area contributed by atoms with Crippen molar-refractivity contribution in [3.63, 3.8) is 0 Å². The van der Waals surface area contributed by atoms with E-state index in [2.05, 4.69) is 31.5 Å². The van der Waals surface area contributed by atoms with Crippen molar-refractivity contribution in [1.29, 1.82) is 0 Å². The summed E-state index contributed by atoms with van der Waals surface area (Å²) >= 11 is 0. The maximum absolute atomic E-state index is 13.0. The first kappa shape index (κ1) is 24.6. The number of aromatic amines is 1. The van der Waals surface area contributed by atoms with Crippen LogP contribution in [0.1, 0.15) is 25.0 Å². The van der Waals surface area contributed by atoms with Crippen LogP contribution >= 0.6 is 0 Å². The van der Waals surface area contributed by atoms with Crippen LogP contribution < -0.4 is 5.32 Å². The van der Waals surface area contributed by atoms with Crippen LogP contribution in [0.3, 0.4) is 0 Å². The van der Waals surface area contributed by atoms with Crippen molar-refractivity contribution < 1.29 is 9.59 Å². The molecule has 192 valence electrons. The second-order valence-electron chi connectivity index (χ2n) is 9.62. The van der Waals surface area contributed by atoms with Gasteiger partial charge in [-0.15, -0.1) is 0 Å². The third-order valence-corrected chi connectivity index (χ3v) is 6.69.